The van der Waals surface area contributed by atoms with Gasteiger partial charge in [0.1, 0.15) is 0 Å². The first-order valence-electron chi connectivity index (χ1n) is 9.35. The van der Waals surface area contributed by atoms with E-state index < -0.39 is 11.4 Å². The molecule has 7 heteroatoms. The zero-order valence-electron chi connectivity index (χ0n) is 16.8. The van der Waals surface area contributed by atoms with Gasteiger partial charge in [-0.1, -0.05) is 30.3 Å². The Hall–Kier alpha value is -3.22. The van der Waals surface area contributed by atoms with Gasteiger partial charge in [-0.25, -0.2) is 0 Å². The molecule has 0 spiro atoms. The maximum Gasteiger partial charge on any atom is 0.314 e. The van der Waals surface area contributed by atoms with Gasteiger partial charge in [0.2, 0.25) is 5.75 Å². The quantitative estimate of drug-likeness (QED) is 0.804. The van der Waals surface area contributed by atoms with Crippen LogP contribution in [0.15, 0.2) is 42.5 Å². The number of piperidine rings is 1. The third-order valence-electron chi connectivity index (χ3n) is 5.55. The van der Waals surface area contributed by atoms with Gasteiger partial charge in [0.25, 0.3) is 5.91 Å². The number of carbonyl (C=O) groups excluding carboxylic acids is 1. The molecule has 1 amide bonds. The molecule has 2 aromatic rings. The number of carboxylic acids is 1. The highest BCUT2D eigenvalue weighted by Crippen LogP contribution is 2.40. The highest BCUT2D eigenvalue weighted by molar-refractivity contribution is 5.96. The molecule has 0 aromatic heterocycles. The monoisotopic (exact) mass is 399 g/mol. The Bertz CT molecular complexity index is 862. The summed E-state index contributed by atoms with van der Waals surface area (Å²) in [5.41, 5.74) is 0.197. The Morgan fingerprint density at radius 2 is 1.48 bits per heavy atom. The lowest BCUT2D eigenvalue weighted by molar-refractivity contribution is -0.145. The summed E-state index contributed by atoms with van der Waals surface area (Å²) in [7, 11) is 4.49. The predicted molar refractivity (Wildman–Crippen MR) is 107 cm³/mol. The Balaban J connectivity index is 1.84. The molecule has 154 valence electrons. The second-order valence-corrected chi connectivity index (χ2v) is 6.96. The molecule has 0 bridgehead atoms. The number of methoxy groups -OCH3 is 3. The summed E-state index contributed by atoms with van der Waals surface area (Å²) in [4.78, 5) is 26.9. The molecular weight excluding hydrogens is 374 g/mol. The van der Waals surface area contributed by atoms with E-state index in [9.17, 15) is 14.7 Å². The van der Waals surface area contributed by atoms with Crippen molar-refractivity contribution in [2.75, 3.05) is 34.4 Å². The minimum Gasteiger partial charge on any atom is -0.493 e. The number of rotatable bonds is 6. The van der Waals surface area contributed by atoms with Gasteiger partial charge < -0.3 is 24.2 Å². The van der Waals surface area contributed by atoms with Crippen molar-refractivity contribution in [3.63, 3.8) is 0 Å². The molecule has 0 aliphatic carbocycles. The van der Waals surface area contributed by atoms with Gasteiger partial charge in [0.05, 0.1) is 26.7 Å². The predicted octanol–water partition coefficient (Wildman–Crippen LogP) is 2.97. The number of hydrogen-bond donors (Lipinski definition) is 1. The van der Waals surface area contributed by atoms with E-state index in [-0.39, 0.29) is 5.91 Å². The summed E-state index contributed by atoms with van der Waals surface area (Å²) >= 11 is 0. The van der Waals surface area contributed by atoms with E-state index in [2.05, 4.69) is 0 Å². The van der Waals surface area contributed by atoms with Crippen LogP contribution in [0.4, 0.5) is 0 Å². The number of carboxylic acid groups (broad SMARTS) is 1. The van der Waals surface area contributed by atoms with Gasteiger partial charge in [-0.05, 0) is 30.5 Å². The van der Waals surface area contributed by atoms with Crippen molar-refractivity contribution in [3.05, 3.63) is 53.6 Å². The van der Waals surface area contributed by atoms with E-state index in [1.54, 1.807) is 17.0 Å². The van der Waals surface area contributed by atoms with Crippen molar-refractivity contribution in [2.45, 2.75) is 18.3 Å². The fourth-order valence-electron chi connectivity index (χ4n) is 3.86. The lowest BCUT2D eigenvalue weighted by Gasteiger charge is -2.39. The lowest BCUT2D eigenvalue weighted by Crippen LogP contribution is -2.49. The Morgan fingerprint density at radius 3 is 1.93 bits per heavy atom. The lowest BCUT2D eigenvalue weighted by atomic mass is 9.72. The van der Waals surface area contributed by atoms with Crippen LogP contribution in [0, 0.1) is 0 Å². The molecule has 7 nitrogen and oxygen atoms in total. The number of likely N-dealkylation sites (tertiary alicyclic amines) is 1. The molecular formula is C22H25NO6. The minimum atomic E-state index is -0.979. The van der Waals surface area contributed by atoms with Gasteiger partial charge in [-0.15, -0.1) is 0 Å². The molecule has 0 radical (unpaired) electrons. The standard InChI is InChI=1S/C22H25NO6/c1-27-17-13-15(14-18(28-2)19(17)29-3)20(24)23-11-9-22(10-12-23,21(25)26)16-7-5-4-6-8-16/h4-8,13-14H,9-12H2,1-3H3,(H,25,26). The number of hydrogen-bond acceptors (Lipinski definition) is 5. The van der Waals surface area contributed by atoms with Crippen LogP contribution in [-0.4, -0.2) is 56.3 Å². The fourth-order valence-corrected chi connectivity index (χ4v) is 3.86. The van der Waals surface area contributed by atoms with Crippen molar-refractivity contribution in [2.24, 2.45) is 0 Å². The van der Waals surface area contributed by atoms with Crippen LogP contribution in [0.3, 0.4) is 0 Å². The average molecular weight is 399 g/mol. The molecule has 29 heavy (non-hydrogen) atoms. The topological polar surface area (TPSA) is 85.3 Å². The van der Waals surface area contributed by atoms with E-state index in [0.717, 1.165) is 5.56 Å². The smallest absolute Gasteiger partial charge is 0.314 e. The highest BCUT2D eigenvalue weighted by Gasteiger charge is 2.44. The molecule has 0 atom stereocenters. The largest absolute Gasteiger partial charge is 0.493 e. The first kappa shape index (κ1) is 20.5. The summed E-state index contributed by atoms with van der Waals surface area (Å²) in [5, 5.41) is 9.93. The van der Waals surface area contributed by atoms with Gasteiger partial charge in [-0.3, -0.25) is 9.59 Å². The maximum absolute atomic E-state index is 13.1. The van der Waals surface area contributed by atoms with Crippen LogP contribution in [-0.2, 0) is 10.2 Å². The number of aliphatic carboxylic acids is 1. The molecule has 1 saturated heterocycles. The van der Waals surface area contributed by atoms with Gasteiger partial charge in [-0.2, -0.15) is 0 Å². The van der Waals surface area contributed by atoms with Crippen molar-refractivity contribution in [3.8, 4) is 17.2 Å². The average Bonchev–Trinajstić information content (AvgIpc) is 2.77. The summed E-state index contributed by atoms with van der Waals surface area (Å²) in [6, 6.07) is 12.4. The molecule has 1 heterocycles. The van der Waals surface area contributed by atoms with Crippen molar-refractivity contribution in [1.29, 1.82) is 0 Å². The molecule has 1 aliphatic heterocycles. The van der Waals surface area contributed by atoms with Gasteiger partial charge in [0, 0.05) is 18.7 Å². The summed E-state index contributed by atoms with van der Waals surface area (Å²) in [6.45, 7) is 0.688. The molecule has 1 aliphatic rings. The SMILES string of the molecule is COc1cc(C(=O)N2CCC(C(=O)O)(c3ccccc3)CC2)cc(OC)c1OC. The molecule has 1 fully saturated rings. The number of benzene rings is 2. The Morgan fingerprint density at radius 1 is 0.931 bits per heavy atom. The molecule has 0 saturated carbocycles. The third kappa shape index (κ3) is 3.72. The first-order chi connectivity index (χ1) is 14.0. The van der Waals surface area contributed by atoms with Crippen molar-refractivity contribution in [1.82, 2.24) is 4.90 Å². The van der Waals surface area contributed by atoms with E-state index in [0.29, 0.717) is 48.7 Å². The molecule has 1 N–H and O–H groups in total. The molecule has 3 rings (SSSR count). The number of carbonyl (C=O) groups is 2. The van der Waals surface area contributed by atoms with Crippen LogP contribution in [0.1, 0.15) is 28.8 Å². The van der Waals surface area contributed by atoms with Crippen molar-refractivity contribution >= 4 is 11.9 Å². The van der Waals surface area contributed by atoms with Crippen LogP contribution in [0.2, 0.25) is 0 Å². The van der Waals surface area contributed by atoms with Crippen molar-refractivity contribution < 1.29 is 28.9 Å². The first-order valence-corrected chi connectivity index (χ1v) is 9.35. The summed E-state index contributed by atoms with van der Waals surface area (Å²) < 4.78 is 16.0. The van der Waals surface area contributed by atoms with E-state index in [4.69, 9.17) is 14.2 Å². The zero-order valence-corrected chi connectivity index (χ0v) is 16.8. The van der Waals surface area contributed by atoms with Crippen LogP contribution in [0.25, 0.3) is 0 Å². The maximum atomic E-state index is 13.1. The normalized spacial score (nSPS) is 15.5. The Kier molecular flexibility index (Phi) is 5.96. The molecule has 0 unspecified atom stereocenters. The third-order valence-corrected chi connectivity index (χ3v) is 5.55. The van der Waals surface area contributed by atoms with Crippen LogP contribution >= 0.6 is 0 Å². The number of amides is 1. The molecule has 2 aromatic carbocycles. The van der Waals surface area contributed by atoms with Gasteiger partial charge >= 0.3 is 5.97 Å². The second-order valence-electron chi connectivity index (χ2n) is 6.96. The summed E-state index contributed by atoms with van der Waals surface area (Å²) in [5.74, 6) is 0.159. The number of ether oxygens (including phenoxy) is 3. The Labute approximate surface area is 169 Å². The van der Waals surface area contributed by atoms with E-state index in [1.165, 1.54) is 21.3 Å². The van der Waals surface area contributed by atoms with Crippen LogP contribution < -0.4 is 14.2 Å². The summed E-state index contributed by atoms with van der Waals surface area (Å²) in [6.07, 6.45) is 0.699. The fraction of sp³-hybridized carbons (Fsp3) is 0.364. The van der Waals surface area contributed by atoms with E-state index >= 15 is 0 Å². The van der Waals surface area contributed by atoms with E-state index in [1.807, 2.05) is 30.3 Å². The van der Waals surface area contributed by atoms with Crippen LogP contribution in [0.5, 0.6) is 17.2 Å². The highest BCUT2D eigenvalue weighted by atomic mass is 16.5. The minimum absolute atomic E-state index is 0.198. The zero-order chi connectivity index (χ0) is 21.0. The second kappa shape index (κ2) is 8.43. The van der Waals surface area contributed by atoms with Gasteiger partial charge in [0.15, 0.2) is 11.5 Å². The number of nitrogens with zero attached hydrogens (tertiary/aromatic N) is 1.